The van der Waals surface area contributed by atoms with Gasteiger partial charge in [0.1, 0.15) is 0 Å². The molecule has 1 rings (SSSR count). The quantitative estimate of drug-likeness (QED) is 0.740. The molecule has 1 aliphatic heterocycles. The summed E-state index contributed by atoms with van der Waals surface area (Å²) in [5.41, 5.74) is 0.278. The number of likely N-dealkylation sites (N-methyl/N-ethyl adjacent to an activating group) is 1. The molecule has 0 saturated carbocycles. The number of ether oxygens (including phenoxy) is 1. The molecular weight excluding hydrogens is 266 g/mol. The second-order valence-electron chi connectivity index (χ2n) is 5.73. The zero-order chi connectivity index (χ0) is 13.6. The fourth-order valence-electron chi connectivity index (χ4n) is 2.31. The van der Waals surface area contributed by atoms with Crippen molar-refractivity contribution >= 4 is 18.3 Å². The van der Waals surface area contributed by atoms with Crippen molar-refractivity contribution < 1.29 is 9.53 Å². The van der Waals surface area contributed by atoms with Gasteiger partial charge in [-0.2, -0.15) is 0 Å². The van der Waals surface area contributed by atoms with Gasteiger partial charge in [0.25, 0.3) is 0 Å². The van der Waals surface area contributed by atoms with Crippen molar-refractivity contribution in [2.75, 3.05) is 60.5 Å². The lowest BCUT2D eigenvalue weighted by Crippen LogP contribution is -2.44. The highest BCUT2D eigenvalue weighted by atomic mass is 35.5. The summed E-state index contributed by atoms with van der Waals surface area (Å²) in [6.45, 7) is 7.31. The summed E-state index contributed by atoms with van der Waals surface area (Å²) in [5, 5.41) is 3.40. The molecule has 1 heterocycles. The van der Waals surface area contributed by atoms with Crippen LogP contribution in [0.5, 0.6) is 0 Å². The lowest BCUT2D eigenvalue weighted by molar-refractivity contribution is -0.130. The van der Waals surface area contributed by atoms with E-state index in [0.717, 1.165) is 26.2 Å². The molecule has 1 unspecified atom stereocenters. The molecule has 0 bridgehead atoms. The van der Waals surface area contributed by atoms with Crippen LogP contribution in [0.3, 0.4) is 0 Å². The van der Waals surface area contributed by atoms with E-state index in [4.69, 9.17) is 4.74 Å². The van der Waals surface area contributed by atoms with Crippen molar-refractivity contribution in [1.82, 2.24) is 15.1 Å². The first-order valence-electron chi connectivity index (χ1n) is 6.59. The summed E-state index contributed by atoms with van der Waals surface area (Å²) in [6.07, 6.45) is 1.17. The smallest absolute Gasteiger partial charge is 0.236 e. The van der Waals surface area contributed by atoms with Gasteiger partial charge in [0.2, 0.25) is 5.91 Å². The molecular formula is C13H28ClN3O2. The topological polar surface area (TPSA) is 44.8 Å². The minimum absolute atomic E-state index is 0. The highest BCUT2D eigenvalue weighted by Gasteiger charge is 2.31. The Morgan fingerprint density at radius 3 is 2.58 bits per heavy atom. The highest BCUT2D eigenvalue weighted by molar-refractivity contribution is 5.85. The first kappa shape index (κ1) is 18.6. The lowest BCUT2D eigenvalue weighted by Gasteiger charge is -2.32. The number of carbonyl (C=O) groups excluding carboxylic acids is 1. The third-order valence-corrected chi connectivity index (χ3v) is 3.53. The molecule has 1 atom stereocenters. The normalized spacial score (nSPS) is 22.4. The van der Waals surface area contributed by atoms with E-state index in [2.05, 4.69) is 17.1 Å². The summed E-state index contributed by atoms with van der Waals surface area (Å²) in [4.78, 5) is 15.7. The Hall–Kier alpha value is -0.360. The van der Waals surface area contributed by atoms with E-state index in [1.165, 1.54) is 6.42 Å². The first-order valence-corrected chi connectivity index (χ1v) is 6.59. The molecule has 114 valence electrons. The van der Waals surface area contributed by atoms with E-state index in [1.807, 2.05) is 0 Å². The van der Waals surface area contributed by atoms with Crippen LogP contribution in [0.2, 0.25) is 0 Å². The zero-order valence-electron chi connectivity index (χ0n) is 12.6. The number of carbonyl (C=O) groups is 1. The molecule has 0 aliphatic carbocycles. The van der Waals surface area contributed by atoms with Crippen LogP contribution in [0.25, 0.3) is 0 Å². The predicted octanol–water partition coefficient (Wildman–Crippen LogP) is 0.444. The highest BCUT2D eigenvalue weighted by Crippen LogP contribution is 2.25. The number of halogens is 1. The maximum atomic E-state index is 11.8. The minimum Gasteiger partial charge on any atom is -0.383 e. The van der Waals surface area contributed by atoms with Gasteiger partial charge in [0.15, 0.2) is 0 Å². The van der Waals surface area contributed by atoms with Crippen LogP contribution in [-0.4, -0.2) is 76.2 Å². The maximum Gasteiger partial charge on any atom is 0.236 e. The first-order chi connectivity index (χ1) is 8.47. The molecule has 6 heteroatoms. The molecule has 0 aromatic heterocycles. The van der Waals surface area contributed by atoms with Crippen molar-refractivity contribution in [2.45, 2.75) is 13.3 Å². The minimum atomic E-state index is 0. The average Bonchev–Trinajstić information content (AvgIpc) is 2.72. The summed E-state index contributed by atoms with van der Waals surface area (Å²) in [7, 11) is 5.30. The van der Waals surface area contributed by atoms with Gasteiger partial charge in [-0.3, -0.25) is 9.69 Å². The summed E-state index contributed by atoms with van der Waals surface area (Å²) >= 11 is 0. The third kappa shape index (κ3) is 6.56. The van der Waals surface area contributed by atoms with Gasteiger partial charge >= 0.3 is 0 Å². The molecule has 1 fully saturated rings. The van der Waals surface area contributed by atoms with Crippen molar-refractivity contribution in [3.05, 3.63) is 0 Å². The summed E-state index contributed by atoms with van der Waals surface area (Å²) in [5.74, 6) is 0.153. The van der Waals surface area contributed by atoms with Crippen LogP contribution < -0.4 is 5.32 Å². The van der Waals surface area contributed by atoms with Gasteiger partial charge in [-0.1, -0.05) is 6.92 Å². The number of amides is 1. The molecule has 19 heavy (non-hydrogen) atoms. The molecule has 1 N–H and O–H groups in total. The molecule has 1 amide bonds. The van der Waals surface area contributed by atoms with Crippen LogP contribution in [0.15, 0.2) is 0 Å². The maximum absolute atomic E-state index is 11.8. The van der Waals surface area contributed by atoms with Crippen molar-refractivity contribution in [1.29, 1.82) is 0 Å². The van der Waals surface area contributed by atoms with Crippen LogP contribution >= 0.6 is 12.4 Å². The van der Waals surface area contributed by atoms with E-state index in [1.54, 1.807) is 26.1 Å². The number of nitrogens with zero attached hydrogens (tertiary/aromatic N) is 2. The largest absolute Gasteiger partial charge is 0.383 e. The molecule has 0 radical (unpaired) electrons. The van der Waals surface area contributed by atoms with Crippen molar-refractivity contribution in [3.8, 4) is 0 Å². The number of methoxy groups -OCH3 is 1. The van der Waals surface area contributed by atoms with Crippen molar-refractivity contribution in [2.24, 2.45) is 5.41 Å². The Morgan fingerprint density at radius 1 is 1.42 bits per heavy atom. The van der Waals surface area contributed by atoms with Gasteiger partial charge in [0.05, 0.1) is 13.2 Å². The summed E-state index contributed by atoms with van der Waals surface area (Å²) < 4.78 is 5.13. The van der Waals surface area contributed by atoms with Crippen LogP contribution in [0.4, 0.5) is 0 Å². The van der Waals surface area contributed by atoms with E-state index in [-0.39, 0.29) is 23.7 Å². The Kier molecular flexibility index (Phi) is 8.57. The number of nitrogens with one attached hydrogen (secondary N) is 1. The van der Waals surface area contributed by atoms with Gasteiger partial charge < -0.3 is 15.0 Å². The number of rotatable bonds is 7. The fraction of sp³-hybridized carbons (Fsp3) is 0.923. The standard InChI is InChI=1S/C13H27N3O2.ClH/c1-13(5-6-14-10-13)11-16(7-8-18-4)9-12(17)15(2)3;/h14H,5-11H2,1-4H3;1H. The van der Waals surface area contributed by atoms with Crippen LogP contribution in [-0.2, 0) is 9.53 Å². The molecule has 0 aromatic carbocycles. The average molecular weight is 294 g/mol. The fourth-order valence-corrected chi connectivity index (χ4v) is 2.31. The van der Waals surface area contributed by atoms with Gasteiger partial charge in [-0.05, 0) is 18.4 Å². The Bertz CT molecular complexity index is 269. The van der Waals surface area contributed by atoms with Gasteiger partial charge in [-0.25, -0.2) is 0 Å². The number of hydrogen-bond donors (Lipinski definition) is 1. The lowest BCUT2D eigenvalue weighted by atomic mass is 9.89. The Morgan fingerprint density at radius 2 is 2.11 bits per heavy atom. The molecule has 0 spiro atoms. The zero-order valence-corrected chi connectivity index (χ0v) is 13.4. The molecule has 0 aromatic rings. The van der Waals surface area contributed by atoms with Gasteiger partial charge in [0, 0.05) is 40.8 Å². The van der Waals surface area contributed by atoms with Crippen molar-refractivity contribution in [3.63, 3.8) is 0 Å². The molecule has 5 nitrogen and oxygen atoms in total. The molecule has 1 aliphatic rings. The monoisotopic (exact) mass is 293 g/mol. The predicted molar refractivity (Wildman–Crippen MR) is 79.9 cm³/mol. The van der Waals surface area contributed by atoms with E-state index < -0.39 is 0 Å². The summed E-state index contributed by atoms with van der Waals surface area (Å²) in [6, 6.07) is 0. The SMILES string of the molecule is COCCN(CC(=O)N(C)C)CC1(C)CCNC1.Cl. The number of hydrogen-bond acceptors (Lipinski definition) is 4. The van der Waals surface area contributed by atoms with E-state index in [9.17, 15) is 4.79 Å². The second-order valence-corrected chi connectivity index (χ2v) is 5.73. The third-order valence-electron chi connectivity index (χ3n) is 3.53. The Balaban J connectivity index is 0.00000324. The van der Waals surface area contributed by atoms with E-state index >= 15 is 0 Å². The van der Waals surface area contributed by atoms with E-state index in [0.29, 0.717) is 13.2 Å². The second kappa shape index (κ2) is 8.74. The Labute approximate surface area is 123 Å². The molecule has 1 saturated heterocycles. The van der Waals surface area contributed by atoms with Crippen LogP contribution in [0, 0.1) is 5.41 Å². The van der Waals surface area contributed by atoms with Gasteiger partial charge in [-0.15, -0.1) is 12.4 Å². The van der Waals surface area contributed by atoms with Crippen LogP contribution in [0.1, 0.15) is 13.3 Å².